The first-order chi connectivity index (χ1) is 11.7. The highest BCUT2D eigenvalue weighted by molar-refractivity contribution is 5.91. The standard InChI is InChI=1S/C19H24FN3O/c1-2-4-19(24)22-12-14-5-3-10-23(13-14)18-8-9-21-17-11-15(20)6-7-16(17)18/h6-9,11,14H,2-5,10,12-13H2,1H3,(H,22,24)/t14-/m0/s1. The van der Waals surface area contributed by atoms with Gasteiger partial charge in [-0.2, -0.15) is 0 Å². The Labute approximate surface area is 142 Å². The molecule has 2 heterocycles. The predicted molar refractivity (Wildman–Crippen MR) is 94.6 cm³/mol. The number of hydrogen-bond acceptors (Lipinski definition) is 3. The van der Waals surface area contributed by atoms with Crippen molar-refractivity contribution in [3.63, 3.8) is 0 Å². The second-order valence-electron chi connectivity index (χ2n) is 6.50. The quantitative estimate of drug-likeness (QED) is 0.913. The highest BCUT2D eigenvalue weighted by Crippen LogP contribution is 2.29. The van der Waals surface area contributed by atoms with Crippen LogP contribution < -0.4 is 10.2 Å². The largest absolute Gasteiger partial charge is 0.371 e. The van der Waals surface area contributed by atoms with E-state index in [0.29, 0.717) is 17.9 Å². The molecule has 4 nitrogen and oxygen atoms in total. The molecule has 2 aromatic rings. The summed E-state index contributed by atoms with van der Waals surface area (Å²) < 4.78 is 13.4. The molecule has 1 aliphatic rings. The van der Waals surface area contributed by atoms with Crippen molar-refractivity contribution >= 4 is 22.5 Å². The molecule has 1 N–H and O–H groups in total. The number of aromatic nitrogens is 1. The van der Waals surface area contributed by atoms with Gasteiger partial charge in [0.05, 0.1) is 5.52 Å². The van der Waals surface area contributed by atoms with Gasteiger partial charge in [-0.15, -0.1) is 0 Å². The van der Waals surface area contributed by atoms with Crippen LogP contribution in [0.1, 0.15) is 32.6 Å². The molecule has 1 fully saturated rings. The smallest absolute Gasteiger partial charge is 0.219 e. The monoisotopic (exact) mass is 329 g/mol. The fraction of sp³-hybridized carbons (Fsp3) is 0.474. The Balaban J connectivity index is 1.72. The molecule has 0 bridgehead atoms. The molecule has 1 amide bonds. The third-order valence-electron chi connectivity index (χ3n) is 4.61. The summed E-state index contributed by atoms with van der Waals surface area (Å²) in [6.45, 7) is 4.63. The van der Waals surface area contributed by atoms with Crippen LogP contribution in [-0.2, 0) is 4.79 Å². The van der Waals surface area contributed by atoms with Crippen LogP contribution in [-0.4, -0.2) is 30.5 Å². The Morgan fingerprint density at radius 1 is 1.42 bits per heavy atom. The number of carbonyl (C=O) groups is 1. The van der Waals surface area contributed by atoms with Crippen molar-refractivity contribution in [3.8, 4) is 0 Å². The SMILES string of the molecule is CCCC(=O)NC[C@@H]1CCCN(c2ccnc3cc(F)ccc23)C1. The maximum atomic E-state index is 13.4. The Morgan fingerprint density at radius 2 is 2.29 bits per heavy atom. The van der Waals surface area contributed by atoms with Crippen molar-refractivity contribution in [1.82, 2.24) is 10.3 Å². The van der Waals surface area contributed by atoms with Crippen LogP contribution in [0.5, 0.6) is 0 Å². The molecule has 0 unspecified atom stereocenters. The fourth-order valence-corrected chi connectivity index (χ4v) is 3.41. The molecule has 0 radical (unpaired) electrons. The zero-order valence-corrected chi connectivity index (χ0v) is 14.1. The van der Waals surface area contributed by atoms with Gasteiger partial charge in [0, 0.05) is 49.4 Å². The Hall–Kier alpha value is -2.17. The van der Waals surface area contributed by atoms with Gasteiger partial charge in [0.15, 0.2) is 0 Å². The van der Waals surface area contributed by atoms with E-state index in [9.17, 15) is 9.18 Å². The molecule has 1 saturated heterocycles. The molecule has 0 aliphatic carbocycles. The summed E-state index contributed by atoms with van der Waals surface area (Å²) in [5, 5.41) is 4.02. The van der Waals surface area contributed by atoms with Crippen LogP contribution >= 0.6 is 0 Å². The van der Waals surface area contributed by atoms with Crippen LogP contribution in [0, 0.1) is 11.7 Å². The normalized spacial score (nSPS) is 17.9. The summed E-state index contributed by atoms with van der Waals surface area (Å²) in [6.07, 6.45) is 5.43. The highest BCUT2D eigenvalue weighted by atomic mass is 19.1. The summed E-state index contributed by atoms with van der Waals surface area (Å²) in [4.78, 5) is 18.3. The van der Waals surface area contributed by atoms with Crippen molar-refractivity contribution in [2.24, 2.45) is 5.92 Å². The molecule has 128 valence electrons. The van der Waals surface area contributed by atoms with E-state index in [2.05, 4.69) is 15.2 Å². The number of pyridine rings is 1. The van der Waals surface area contributed by atoms with Crippen molar-refractivity contribution < 1.29 is 9.18 Å². The van der Waals surface area contributed by atoms with Crippen LogP contribution in [0.2, 0.25) is 0 Å². The fourth-order valence-electron chi connectivity index (χ4n) is 3.41. The third kappa shape index (κ3) is 3.83. The maximum absolute atomic E-state index is 13.4. The maximum Gasteiger partial charge on any atom is 0.219 e. The average Bonchev–Trinajstić information content (AvgIpc) is 2.60. The number of fused-ring (bicyclic) bond motifs is 1. The van der Waals surface area contributed by atoms with Crippen molar-refractivity contribution in [2.45, 2.75) is 32.6 Å². The molecule has 1 aromatic carbocycles. The van der Waals surface area contributed by atoms with Gasteiger partial charge < -0.3 is 10.2 Å². The minimum absolute atomic E-state index is 0.138. The van der Waals surface area contributed by atoms with Crippen molar-refractivity contribution in [3.05, 3.63) is 36.3 Å². The molecular weight excluding hydrogens is 305 g/mol. The van der Waals surface area contributed by atoms with E-state index in [1.54, 1.807) is 12.3 Å². The van der Waals surface area contributed by atoms with Crippen LogP contribution in [0.25, 0.3) is 10.9 Å². The summed E-state index contributed by atoms with van der Waals surface area (Å²) in [6, 6.07) is 6.77. The molecule has 5 heteroatoms. The number of anilines is 1. The van der Waals surface area contributed by atoms with Crippen LogP contribution in [0.15, 0.2) is 30.5 Å². The lowest BCUT2D eigenvalue weighted by Gasteiger charge is -2.35. The van der Waals surface area contributed by atoms with Gasteiger partial charge >= 0.3 is 0 Å². The Kier molecular flexibility index (Phi) is 5.28. The second-order valence-corrected chi connectivity index (χ2v) is 6.50. The number of benzene rings is 1. The first-order valence-corrected chi connectivity index (χ1v) is 8.73. The van der Waals surface area contributed by atoms with Gasteiger partial charge in [-0.1, -0.05) is 6.92 Å². The first-order valence-electron chi connectivity index (χ1n) is 8.73. The first kappa shape index (κ1) is 16.7. The van der Waals surface area contributed by atoms with E-state index in [-0.39, 0.29) is 11.7 Å². The molecule has 1 aliphatic heterocycles. The lowest BCUT2D eigenvalue weighted by molar-refractivity contribution is -0.121. The second kappa shape index (κ2) is 7.60. The topological polar surface area (TPSA) is 45.2 Å². The molecule has 1 atom stereocenters. The predicted octanol–water partition coefficient (Wildman–Crippen LogP) is 3.51. The summed E-state index contributed by atoms with van der Waals surface area (Å²) in [7, 11) is 0. The highest BCUT2D eigenvalue weighted by Gasteiger charge is 2.22. The number of carbonyl (C=O) groups excluding carboxylic acids is 1. The van der Waals surface area contributed by atoms with Crippen LogP contribution in [0.3, 0.4) is 0 Å². The number of hydrogen-bond donors (Lipinski definition) is 1. The van der Waals surface area contributed by atoms with Gasteiger partial charge in [0.2, 0.25) is 5.91 Å². The summed E-state index contributed by atoms with van der Waals surface area (Å²) in [5.74, 6) is 0.324. The molecule has 0 spiro atoms. The van der Waals surface area contributed by atoms with E-state index in [1.807, 2.05) is 13.0 Å². The number of piperidine rings is 1. The summed E-state index contributed by atoms with van der Waals surface area (Å²) in [5.41, 5.74) is 1.79. The van der Waals surface area contributed by atoms with E-state index in [4.69, 9.17) is 0 Å². The van der Waals surface area contributed by atoms with Crippen LogP contribution in [0.4, 0.5) is 10.1 Å². The molecule has 3 rings (SSSR count). The average molecular weight is 329 g/mol. The molecular formula is C19H24FN3O. The number of nitrogens with one attached hydrogen (secondary N) is 1. The van der Waals surface area contributed by atoms with Gasteiger partial charge in [-0.05, 0) is 43.4 Å². The van der Waals surface area contributed by atoms with E-state index in [0.717, 1.165) is 50.0 Å². The lowest BCUT2D eigenvalue weighted by atomic mass is 9.97. The zero-order valence-electron chi connectivity index (χ0n) is 14.1. The van der Waals surface area contributed by atoms with Gasteiger partial charge in [0.1, 0.15) is 5.82 Å². The van der Waals surface area contributed by atoms with Crippen molar-refractivity contribution in [2.75, 3.05) is 24.5 Å². The van der Waals surface area contributed by atoms with Crippen molar-refractivity contribution in [1.29, 1.82) is 0 Å². The number of nitrogens with zero attached hydrogens (tertiary/aromatic N) is 2. The molecule has 1 aromatic heterocycles. The van der Waals surface area contributed by atoms with Gasteiger partial charge in [-0.3, -0.25) is 9.78 Å². The molecule has 24 heavy (non-hydrogen) atoms. The van der Waals surface area contributed by atoms with Gasteiger partial charge in [-0.25, -0.2) is 4.39 Å². The Morgan fingerprint density at radius 3 is 3.12 bits per heavy atom. The number of rotatable bonds is 5. The minimum Gasteiger partial charge on any atom is -0.371 e. The Bertz CT molecular complexity index is 719. The number of halogens is 1. The van der Waals surface area contributed by atoms with E-state index < -0.39 is 0 Å². The van der Waals surface area contributed by atoms with E-state index in [1.165, 1.54) is 12.1 Å². The lowest BCUT2D eigenvalue weighted by Crippen LogP contribution is -2.41. The van der Waals surface area contributed by atoms with Gasteiger partial charge in [0.25, 0.3) is 0 Å². The van der Waals surface area contributed by atoms with E-state index >= 15 is 0 Å². The summed E-state index contributed by atoms with van der Waals surface area (Å²) >= 11 is 0. The molecule has 0 saturated carbocycles. The number of amides is 1. The minimum atomic E-state index is -0.262. The zero-order chi connectivity index (χ0) is 16.9. The third-order valence-corrected chi connectivity index (χ3v) is 4.61.